The summed E-state index contributed by atoms with van der Waals surface area (Å²) in [6.07, 6.45) is 7.49. The van der Waals surface area contributed by atoms with E-state index in [1.807, 2.05) is 26.0 Å². The maximum absolute atomic E-state index is 11.9. The first-order valence-corrected chi connectivity index (χ1v) is 6.81. The molecule has 0 atom stereocenters. The molecule has 0 aromatic carbocycles. The molecule has 0 aliphatic heterocycles. The number of carbonyl (C=O) groups excluding carboxylic acids is 1. The number of aromatic nitrogens is 3. The van der Waals surface area contributed by atoms with Crippen LogP contribution >= 0.6 is 0 Å². The Morgan fingerprint density at radius 1 is 1.24 bits per heavy atom. The molecule has 0 bridgehead atoms. The highest BCUT2D eigenvalue weighted by molar-refractivity contribution is 5.89. The Kier molecular flexibility index (Phi) is 5.20. The number of rotatable bonds is 6. The first-order chi connectivity index (χ1) is 10.1. The van der Waals surface area contributed by atoms with Crippen molar-refractivity contribution >= 4 is 11.7 Å². The number of pyridine rings is 1. The third-order valence-corrected chi connectivity index (χ3v) is 2.63. The summed E-state index contributed by atoms with van der Waals surface area (Å²) in [5.74, 6) is 0.688. The molecule has 1 amide bonds. The van der Waals surface area contributed by atoms with Crippen LogP contribution in [0.5, 0.6) is 5.88 Å². The molecule has 0 spiro atoms. The number of amides is 1. The molecule has 2 heterocycles. The summed E-state index contributed by atoms with van der Waals surface area (Å²) in [6, 6.07) is 3.79. The van der Waals surface area contributed by atoms with E-state index in [0.29, 0.717) is 24.5 Å². The molecule has 110 valence electrons. The molecule has 0 aliphatic rings. The predicted octanol–water partition coefficient (Wildman–Crippen LogP) is 2.23. The summed E-state index contributed by atoms with van der Waals surface area (Å²) in [4.78, 5) is 24.0. The van der Waals surface area contributed by atoms with Gasteiger partial charge in [-0.1, -0.05) is 0 Å². The van der Waals surface area contributed by atoms with Gasteiger partial charge in [0.1, 0.15) is 0 Å². The third-order valence-electron chi connectivity index (χ3n) is 2.63. The molecule has 0 unspecified atom stereocenters. The summed E-state index contributed by atoms with van der Waals surface area (Å²) in [7, 11) is 0. The van der Waals surface area contributed by atoms with Crippen LogP contribution in [0.1, 0.15) is 25.8 Å². The number of carbonyl (C=O) groups is 1. The minimum absolute atomic E-state index is 0.0111. The van der Waals surface area contributed by atoms with E-state index in [4.69, 9.17) is 4.74 Å². The van der Waals surface area contributed by atoms with E-state index >= 15 is 0 Å². The Morgan fingerprint density at radius 2 is 2.00 bits per heavy atom. The molecule has 0 saturated heterocycles. The minimum Gasteiger partial charge on any atom is -0.474 e. The van der Waals surface area contributed by atoms with Crippen molar-refractivity contribution in [2.45, 2.75) is 32.8 Å². The zero-order chi connectivity index (χ0) is 15.1. The largest absolute Gasteiger partial charge is 0.474 e. The van der Waals surface area contributed by atoms with E-state index in [9.17, 15) is 4.79 Å². The van der Waals surface area contributed by atoms with Gasteiger partial charge in [0.25, 0.3) is 0 Å². The zero-order valence-electron chi connectivity index (χ0n) is 12.1. The molecular formula is C15H18N4O2. The highest BCUT2D eigenvalue weighted by atomic mass is 16.5. The third kappa shape index (κ3) is 5.18. The van der Waals surface area contributed by atoms with Crippen LogP contribution in [-0.2, 0) is 11.2 Å². The van der Waals surface area contributed by atoms with E-state index in [0.717, 1.165) is 5.56 Å². The van der Waals surface area contributed by atoms with E-state index in [1.54, 1.807) is 12.4 Å². The maximum Gasteiger partial charge on any atom is 0.234 e. The molecule has 6 heteroatoms. The summed E-state index contributed by atoms with van der Waals surface area (Å²) in [6.45, 7) is 3.81. The SMILES string of the molecule is CC(C)Oc1cncc(NC(=O)CCc2ccncc2)n1. The fourth-order valence-electron chi connectivity index (χ4n) is 1.72. The van der Waals surface area contributed by atoms with Crippen molar-refractivity contribution in [3.63, 3.8) is 0 Å². The van der Waals surface area contributed by atoms with Crippen molar-refractivity contribution in [1.29, 1.82) is 0 Å². The van der Waals surface area contributed by atoms with Gasteiger partial charge in [-0.05, 0) is 38.0 Å². The Hall–Kier alpha value is -2.50. The Labute approximate surface area is 123 Å². The molecule has 0 fully saturated rings. The van der Waals surface area contributed by atoms with Gasteiger partial charge in [-0.2, -0.15) is 4.98 Å². The fourth-order valence-corrected chi connectivity index (χ4v) is 1.72. The number of aryl methyl sites for hydroxylation is 1. The highest BCUT2D eigenvalue weighted by Gasteiger charge is 2.06. The molecule has 2 aromatic rings. The molecule has 2 rings (SSSR count). The van der Waals surface area contributed by atoms with E-state index in [2.05, 4.69) is 20.3 Å². The van der Waals surface area contributed by atoms with Crippen molar-refractivity contribution in [2.24, 2.45) is 0 Å². The second kappa shape index (κ2) is 7.33. The van der Waals surface area contributed by atoms with Crippen molar-refractivity contribution in [3.05, 3.63) is 42.5 Å². The standard InChI is InChI=1S/C15H18N4O2/c1-11(2)21-15-10-17-9-13(19-15)18-14(20)4-3-12-5-7-16-8-6-12/h5-11H,3-4H2,1-2H3,(H,18,19,20). The molecule has 6 nitrogen and oxygen atoms in total. The Bertz CT molecular complexity index is 587. The van der Waals surface area contributed by atoms with Crippen LogP contribution in [0.25, 0.3) is 0 Å². The first-order valence-electron chi connectivity index (χ1n) is 6.81. The molecule has 21 heavy (non-hydrogen) atoms. The van der Waals surface area contributed by atoms with Gasteiger partial charge in [-0.3, -0.25) is 14.8 Å². The molecule has 1 N–H and O–H groups in total. The van der Waals surface area contributed by atoms with Gasteiger partial charge in [-0.15, -0.1) is 0 Å². The Morgan fingerprint density at radius 3 is 2.71 bits per heavy atom. The maximum atomic E-state index is 11.9. The molecular weight excluding hydrogens is 268 g/mol. The van der Waals surface area contributed by atoms with Crippen LogP contribution in [0.4, 0.5) is 5.82 Å². The number of nitrogens with zero attached hydrogens (tertiary/aromatic N) is 3. The van der Waals surface area contributed by atoms with Crippen molar-refractivity contribution < 1.29 is 9.53 Å². The van der Waals surface area contributed by atoms with E-state index in [-0.39, 0.29) is 12.0 Å². The lowest BCUT2D eigenvalue weighted by Gasteiger charge is -2.09. The van der Waals surface area contributed by atoms with E-state index < -0.39 is 0 Å². The van der Waals surface area contributed by atoms with Crippen LogP contribution in [-0.4, -0.2) is 27.0 Å². The summed E-state index contributed by atoms with van der Waals surface area (Å²) >= 11 is 0. The average Bonchev–Trinajstić information content (AvgIpc) is 2.46. The van der Waals surface area contributed by atoms with Crippen molar-refractivity contribution in [1.82, 2.24) is 15.0 Å². The zero-order valence-corrected chi connectivity index (χ0v) is 12.1. The van der Waals surface area contributed by atoms with Crippen molar-refractivity contribution in [2.75, 3.05) is 5.32 Å². The summed E-state index contributed by atoms with van der Waals surface area (Å²) < 4.78 is 5.43. The van der Waals surface area contributed by atoms with Crippen LogP contribution in [0.15, 0.2) is 36.9 Å². The van der Waals surface area contributed by atoms with Crippen LogP contribution in [0.2, 0.25) is 0 Å². The quantitative estimate of drug-likeness (QED) is 0.881. The number of hydrogen-bond donors (Lipinski definition) is 1. The van der Waals surface area contributed by atoms with Crippen molar-refractivity contribution in [3.8, 4) is 5.88 Å². The predicted molar refractivity (Wildman–Crippen MR) is 79.0 cm³/mol. The second-order valence-corrected chi connectivity index (χ2v) is 4.81. The average molecular weight is 286 g/mol. The number of anilines is 1. The highest BCUT2D eigenvalue weighted by Crippen LogP contribution is 2.11. The first kappa shape index (κ1) is 14.9. The normalized spacial score (nSPS) is 10.4. The molecule has 0 saturated carbocycles. The fraction of sp³-hybridized carbons (Fsp3) is 0.333. The second-order valence-electron chi connectivity index (χ2n) is 4.81. The lowest BCUT2D eigenvalue weighted by molar-refractivity contribution is -0.116. The number of nitrogens with one attached hydrogen (secondary N) is 1. The lowest BCUT2D eigenvalue weighted by atomic mass is 10.1. The Balaban J connectivity index is 1.87. The van der Waals surface area contributed by atoms with Gasteiger partial charge in [0.15, 0.2) is 5.82 Å². The number of hydrogen-bond acceptors (Lipinski definition) is 5. The molecule has 0 aliphatic carbocycles. The van der Waals surface area contributed by atoms with Crippen LogP contribution in [0.3, 0.4) is 0 Å². The summed E-state index contributed by atoms with van der Waals surface area (Å²) in [5.41, 5.74) is 1.07. The van der Waals surface area contributed by atoms with E-state index in [1.165, 1.54) is 12.4 Å². The van der Waals surface area contributed by atoms with Gasteiger partial charge in [0.05, 0.1) is 18.5 Å². The van der Waals surface area contributed by atoms with Crippen LogP contribution in [0, 0.1) is 0 Å². The molecule has 2 aromatic heterocycles. The topological polar surface area (TPSA) is 77.0 Å². The summed E-state index contributed by atoms with van der Waals surface area (Å²) in [5, 5.41) is 2.72. The van der Waals surface area contributed by atoms with Gasteiger partial charge in [0, 0.05) is 18.8 Å². The molecule has 0 radical (unpaired) electrons. The number of ether oxygens (including phenoxy) is 1. The van der Waals surface area contributed by atoms with Gasteiger partial charge in [0.2, 0.25) is 11.8 Å². The van der Waals surface area contributed by atoms with Gasteiger partial charge < -0.3 is 10.1 Å². The minimum atomic E-state index is -0.109. The van der Waals surface area contributed by atoms with Gasteiger partial charge >= 0.3 is 0 Å². The van der Waals surface area contributed by atoms with Crippen LogP contribution < -0.4 is 10.1 Å². The monoisotopic (exact) mass is 286 g/mol. The smallest absolute Gasteiger partial charge is 0.234 e. The lowest BCUT2D eigenvalue weighted by Crippen LogP contribution is -2.14. The van der Waals surface area contributed by atoms with Gasteiger partial charge in [-0.25, -0.2) is 0 Å².